The maximum Gasteiger partial charge on any atom is 0.286 e. The Kier molecular flexibility index (Phi) is 4.52. The molecule has 2 heterocycles. The van der Waals surface area contributed by atoms with E-state index >= 15 is 0 Å². The minimum absolute atomic E-state index is 0.0870. The van der Waals surface area contributed by atoms with Gasteiger partial charge in [0, 0.05) is 25.8 Å². The molecule has 3 rings (SSSR count). The molecular weight excluding hydrogens is 292 g/mol. The normalized spacial score (nSPS) is 14.3. The van der Waals surface area contributed by atoms with Crippen LogP contribution in [0.4, 0.5) is 0 Å². The van der Waals surface area contributed by atoms with Gasteiger partial charge in [0.05, 0.1) is 12.3 Å². The molecule has 0 saturated carbocycles. The lowest BCUT2D eigenvalue weighted by Crippen LogP contribution is -2.32. The molecule has 1 aromatic carbocycles. The van der Waals surface area contributed by atoms with Crippen LogP contribution >= 0.6 is 0 Å². The lowest BCUT2D eigenvalue weighted by Gasteiger charge is -2.28. The molecule has 6 heteroatoms. The van der Waals surface area contributed by atoms with E-state index in [9.17, 15) is 4.79 Å². The topological polar surface area (TPSA) is 81.3 Å². The van der Waals surface area contributed by atoms with Gasteiger partial charge in [0.2, 0.25) is 5.82 Å². The minimum Gasteiger partial charge on any atom is -0.494 e. The Bertz CT molecular complexity index is 717. The van der Waals surface area contributed by atoms with Gasteiger partial charge in [0.15, 0.2) is 0 Å². The summed E-state index contributed by atoms with van der Waals surface area (Å²) in [5.74, 6) is 0.388. The Labute approximate surface area is 135 Å². The number of nitrogens with zero attached hydrogens (tertiary/aromatic N) is 3. The molecule has 0 atom stereocenters. The predicted molar refractivity (Wildman–Crippen MR) is 86.0 cm³/mol. The summed E-state index contributed by atoms with van der Waals surface area (Å²) in [6, 6.07) is 8.12. The van der Waals surface area contributed by atoms with E-state index in [4.69, 9.17) is 10.5 Å². The van der Waals surface area contributed by atoms with Crippen molar-refractivity contribution in [3.8, 4) is 5.75 Å². The highest BCUT2D eigenvalue weighted by molar-refractivity contribution is 5.88. The van der Waals surface area contributed by atoms with Gasteiger partial charge in [-0.2, -0.15) is 0 Å². The SMILES string of the molecule is CCOc1cccc(CN2CCc3cnc(C(N)=O)nc3C2)c1. The van der Waals surface area contributed by atoms with Crippen molar-refractivity contribution in [2.75, 3.05) is 13.2 Å². The second-order valence-electron chi connectivity index (χ2n) is 5.57. The second kappa shape index (κ2) is 6.75. The number of fused-ring (bicyclic) bond motifs is 1. The summed E-state index contributed by atoms with van der Waals surface area (Å²) in [5, 5.41) is 0. The van der Waals surface area contributed by atoms with E-state index in [0.717, 1.165) is 36.5 Å². The third-order valence-corrected chi connectivity index (χ3v) is 3.86. The van der Waals surface area contributed by atoms with Crippen LogP contribution in [0.25, 0.3) is 0 Å². The zero-order chi connectivity index (χ0) is 16.2. The average Bonchev–Trinajstić information content (AvgIpc) is 2.55. The Morgan fingerprint density at radius 2 is 2.30 bits per heavy atom. The number of carbonyl (C=O) groups excluding carboxylic acids is 1. The van der Waals surface area contributed by atoms with Crippen LogP contribution in [-0.2, 0) is 19.5 Å². The van der Waals surface area contributed by atoms with Crippen LogP contribution < -0.4 is 10.5 Å². The number of nitrogens with two attached hydrogens (primary N) is 1. The highest BCUT2D eigenvalue weighted by atomic mass is 16.5. The molecule has 0 aliphatic carbocycles. The maximum atomic E-state index is 11.2. The second-order valence-corrected chi connectivity index (χ2v) is 5.57. The van der Waals surface area contributed by atoms with Crippen molar-refractivity contribution in [1.29, 1.82) is 0 Å². The maximum absolute atomic E-state index is 11.2. The molecule has 0 spiro atoms. The number of ether oxygens (including phenoxy) is 1. The molecular formula is C17H20N4O2. The van der Waals surface area contributed by atoms with Crippen LogP contribution in [0, 0.1) is 0 Å². The van der Waals surface area contributed by atoms with Crippen LogP contribution in [0.5, 0.6) is 5.75 Å². The number of hydrogen-bond donors (Lipinski definition) is 1. The first-order chi connectivity index (χ1) is 11.2. The van der Waals surface area contributed by atoms with E-state index in [-0.39, 0.29) is 5.82 Å². The van der Waals surface area contributed by atoms with E-state index in [1.807, 2.05) is 19.1 Å². The molecule has 1 aromatic heterocycles. The summed E-state index contributed by atoms with van der Waals surface area (Å²) in [6.45, 7) is 5.08. The fourth-order valence-electron chi connectivity index (χ4n) is 2.77. The number of rotatable bonds is 5. The van der Waals surface area contributed by atoms with Crippen molar-refractivity contribution in [3.05, 3.63) is 53.1 Å². The molecule has 0 saturated heterocycles. The van der Waals surface area contributed by atoms with Crippen LogP contribution in [0.15, 0.2) is 30.5 Å². The summed E-state index contributed by atoms with van der Waals surface area (Å²) >= 11 is 0. The van der Waals surface area contributed by atoms with Gasteiger partial charge < -0.3 is 10.5 Å². The Balaban J connectivity index is 1.73. The molecule has 1 aliphatic heterocycles. The molecule has 0 fully saturated rings. The van der Waals surface area contributed by atoms with E-state index in [1.165, 1.54) is 5.56 Å². The molecule has 6 nitrogen and oxygen atoms in total. The van der Waals surface area contributed by atoms with Gasteiger partial charge in [-0.25, -0.2) is 9.97 Å². The van der Waals surface area contributed by atoms with Gasteiger partial charge in [-0.05, 0) is 36.6 Å². The van der Waals surface area contributed by atoms with Crippen LogP contribution in [-0.4, -0.2) is 33.9 Å². The van der Waals surface area contributed by atoms with Gasteiger partial charge >= 0.3 is 0 Å². The molecule has 1 amide bonds. The van der Waals surface area contributed by atoms with Crippen molar-refractivity contribution in [2.24, 2.45) is 5.73 Å². The number of aromatic nitrogens is 2. The molecule has 120 valence electrons. The van der Waals surface area contributed by atoms with Crippen LogP contribution in [0.3, 0.4) is 0 Å². The monoisotopic (exact) mass is 312 g/mol. The molecule has 1 aliphatic rings. The number of amides is 1. The highest BCUT2D eigenvalue weighted by Gasteiger charge is 2.19. The smallest absolute Gasteiger partial charge is 0.286 e. The van der Waals surface area contributed by atoms with Crippen molar-refractivity contribution in [2.45, 2.75) is 26.4 Å². The first kappa shape index (κ1) is 15.4. The van der Waals surface area contributed by atoms with E-state index in [1.54, 1.807) is 6.20 Å². The number of primary amides is 1. The van der Waals surface area contributed by atoms with Crippen molar-refractivity contribution in [3.63, 3.8) is 0 Å². The number of hydrogen-bond acceptors (Lipinski definition) is 5. The molecule has 0 unspecified atom stereocenters. The Morgan fingerprint density at radius 1 is 1.43 bits per heavy atom. The summed E-state index contributed by atoms with van der Waals surface area (Å²) in [6.07, 6.45) is 2.59. The summed E-state index contributed by atoms with van der Waals surface area (Å²) in [7, 11) is 0. The van der Waals surface area contributed by atoms with Crippen LogP contribution in [0.2, 0.25) is 0 Å². The minimum atomic E-state index is -0.589. The van der Waals surface area contributed by atoms with Gasteiger partial charge in [0.1, 0.15) is 5.75 Å². The summed E-state index contributed by atoms with van der Waals surface area (Å²) in [4.78, 5) is 21.8. The van der Waals surface area contributed by atoms with Crippen molar-refractivity contribution >= 4 is 5.91 Å². The lowest BCUT2D eigenvalue weighted by molar-refractivity contribution is 0.0989. The first-order valence-electron chi connectivity index (χ1n) is 7.74. The summed E-state index contributed by atoms with van der Waals surface area (Å²) < 4.78 is 5.54. The highest BCUT2D eigenvalue weighted by Crippen LogP contribution is 2.20. The summed E-state index contributed by atoms with van der Waals surface area (Å²) in [5.41, 5.74) is 8.44. The predicted octanol–water partition coefficient (Wildman–Crippen LogP) is 1.53. The third-order valence-electron chi connectivity index (χ3n) is 3.86. The van der Waals surface area contributed by atoms with E-state index in [2.05, 4.69) is 27.0 Å². The number of benzene rings is 1. The largest absolute Gasteiger partial charge is 0.494 e. The van der Waals surface area contributed by atoms with E-state index < -0.39 is 5.91 Å². The standard InChI is InChI=1S/C17H20N4O2/c1-2-23-14-5-3-4-12(8-14)10-21-7-6-13-9-19-17(16(18)22)20-15(13)11-21/h3-5,8-9H,2,6-7,10-11H2,1H3,(H2,18,22). The molecule has 0 radical (unpaired) electrons. The van der Waals surface area contributed by atoms with Crippen molar-refractivity contribution < 1.29 is 9.53 Å². The quantitative estimate of drug-likeness (QED) is 0.905. The Hall–Kier alpha value is -2.47. The van der Waals surface area contributed by atoms with Gasteiger partial charge in [-0.1, -0.05) is 12.1 Å². The zero-order valence-electron chi connectivity index (χ0n) is 13.2. The third kappa shape index (κ3) is 3.65. The average molecular weight is 312 g/mol. The fraction of sp³-hybridized carbons (Fsp3) is 0.353. The zero-order valence-corrected chi connectivity index (χ0v) is 13.2. The van der Waals surface area contributed by atoms with Gasteiger partial charge in [-0.3, -0.25) is 9.69 Å². The van der Waals surface area contributed by atoms with Crippen molar-refractivity contribution in [1.82, 2.24) is 14.9 Å². The van der Waals surface area contributed by atoms with E-state index in [0.29, 0.717) is 13.2 Å². The molecule has 2 aromatic rings. The fourth-order valence-corrected chi connectivity index (χ4v) is 2.77. The molecule has 0 bridgehead atoms. The lowest BCUT2D eigenvalue weighted by atomic mass is 10.1. The van der Waals surface area contributed by atoms with Crippen LogP contribution in [0.1, 0.15) is 34.4 Å². The van der Waals surface area contributed by atoms with Gasteiger partial charge in [0.25, 0.3) is 5.91 Å². The first-order valence-corrected chi connectivity index (χ1v) is 7.74. The Morgan fingerprint density at radius 3 is 3.09 bits per heavy atom. The molecule has 23 heavy (non-hydrogen) atoms. The number of carbonyl (C=O) groups is 1. The van der Waals surface area contributed by atoms with Gasteiger partial charge in [-0.15, -0.1) is 0 Å². The molecule has 2 N–H and O–H groups in total.